The molecule has 0 aromatic heterocycles. The maximum atomic E-state index is 13.0. The quantitative estimate of drug-likeness (QED) is 0.820. The molecule has 5 heteroatoms. The van der Waals surface area contributed by atoms with Crippen LogP contribution in [0.4, 0.5) is 18.9 Å². The number of halogens is 3. The van der Waals surface area contributed by atoms with E-state index in [0.717, 1.165) is 31.7 Å². The summed E-state index contributed by atoms with van der Waals surface area (Å²) in [7, 11) is 2.03. The van der Waals surface area contributed by atoms with Crippen molar-refractivity contribution in [2.24, 2.45) is 0 Å². The molecule has 0 atom stereocenters. The molecule has 0 spiro atoms. The lowest BCUT2D eigenvalue weighted by Gasteiger charge is -2.34. The lowest BCUT2D eigenvalue weighted by atomic mass is 9.99. The van der Waals surface area contributed by atoms with E-state index in [2.05, 4.69) is 4.90 Å². The number of nitrogens with zero attached hydrogens (tertiary/aromatic N) is 2. The molecule has 0 N–H and O–H groups in total. The van der Waals surface area contributed by atoms with Gasteiger partial charge < -0.3 is 9.80 Å². The van der Waals surface area contributed by atoms with Crippen LogP contribution in [0.2, 0.25) is 0 Å². The summed E-state index contributed by atoms with van der Waals surface area (Å²) in [6.45, 7) is 7.15. The Hall–Kier alpha value is -1.23. The number of piperazine rings is 1. The van der Waals surface area contributed by atoms with Gasteiger partial charge in [0, 0.05) is 31.9 Å². The van der Waals surface area contributed by atoms with Crippen molar-refractivity contribution in [3.8, 4) is 0 Å². The van der Waals surface area contributed by atoms with E-state index < -0.39 is 11.7 Å². The van der Waals surface area contributed by atoms with Gasteiger partial charge in [0.2, 0.25) is 0 Å². The van der Waals surface area contributed by atoms with Gasteiger partial charge in [-0.3, -0.25) is 0 Å². The zero-order valence-corrected chi connectivity index (χ0v) is 12.2. The Morgan fingerprint density at radius 1 is 1.00 bits per heavy atom. The van der Waals surface area contributed by atoms with Crippen molar-refractivity contribution in [2.45, 2.75) is 25.9 Å². The topological polar surface area (TPSA) is 6.48 Å². The van der Waals surface area contributed by atoms with Gasteiger partial charge in [0.25, 0.3) is 0 Å². The molecule has 20 heavy (non-hydrogen) atoms. The van der Waals surface area contributed by atoms with Gasteiger partial charge in [-0.1, -0.05) is 13.8 Å². The SMILES string of the molecule is CC(C)c1cc(N2CCN(C)CC2)cc(C(F)(F)F)c1. The average molecular weight is 286 g/mol. The van der Waals surface area contributed by atoms with E-state index in [1.54, 1.807) is 0 Å². The third-order valence-corrected chi connectivity index (χ3v) is 3.80. The van der Waals surface area contributed by atoms with E-state index in [0.29, 0.717) is 5.69 Å². The Morgan fingerprint density at radius 2 is 1.60 bits per heavy atom. The average Bonchev–Trinajstić information content (AvgIpc) is 2.38. The second-order valence-corrected chi connectivity index (χ2v) is 5.76. The summed E-state index contributed by atoms with van der Waals surface area (Å²) in [5.41, 5.74) is 0.892. The van der Waals surface area contributed by atoms with Gasteiger partial charge in [-0.25, -0.2) is 0 Å². The highest BCUT2D eigenvalue weighted by Gasteiger charge is 2.32. The zero-order chi connectivity index (χ0) is 14.9. The predicted molar refractivity (Wildman–Crippen MR) is 75.2 cm³/mol. The molecule has 0 radical (unpaired) electrons. The van der Waals surface area contributed by atoms with Crippen LogP contribution >= 0.6 is 0 Å². The molecule has 2 rings (SSSR count). The lowest BCUT2D eigenvalue weighted by molar-refractivity contribution is -0.137. The number of hydrogen-bond donors (Lipinski definition) is 0. The molecule has 1 aromatic rings. The first-order chi connectivity index (χ1) is 9.27. The van der Waals surface area contributed by atoms with Crippen molar-refractivity contribution in [3.05, 3.63) is 29.3 Å². The molecule has 1 fully saturated rings. The van der Waals surface area contributed by atoms with Crippen LogP contribution in [0.1, 0.15) is 30.9 Å². The Labute approximate surface area is 118 Å². The first-order valence-electron chi connectivity index (χ1n) is 6.93. The number of anilines is 1. The van der Waals surface area contributed by atoms with Crippen LogP contribution in [-0.2, 0) is 6.18 Å². The fourth-order valence-corrected chi connectivity index (χ4v) is 2.38. The van der Waals surface area contributed by atoms with Crippen molar-refractivity contribution < 1.29 is 13.2 Å². The van der Waals surface area contributed by atoms with E-state index in [1.807, 2.05) is 31.9 Å². The summed E-state index contributed by atoms with van der Waals surface area (Å²) in [5.74, 6) is 0.0866. The Balaban J connectivity index is 2.34. The highest BCUT2D eigenvalue weighted by atomic mass is 19.4. The maximum Gasteiger partial charge on any atom is 0.416 e. The molecule has 0 bridgehead atoms. The van der Waals surface area contributed by atoms with Crippen molar-refractivity contribution in [1.29, 1.82) is 0 Å². The molecule has 1 saturated heterocycles. The van der Waals surface area contributed by atoms with Crippen LogP contribution in [0, 0.1) is 0 Å². The molecular formula is C15H21F3N2. The van der Waals surface area contributed by atoms with E-state index in [-0.39, 0.29) is 5.92 Å². The number of alkyl halides is 3. The minimum Gasteiger partial charge on any atom is -0.369 e. The fourth-order valence-electron chi connectivity index (χ4n) is 2.38. The van der Waals surface area contributed by atoms with Crippen LogP contribution in [0.5, 0.6) is 0 Å². The number of hydrogen-bond acceptors (Lipinski definition) is 2. The van der Waals surface area contributed by atoms with Gasteiger partial charge >= 0.3 is 6.18 Å². The molecule has 1 aliphatic rings. The minimum atomic E-state index is -4.29. The van der Waals surface area contributed by atoms with Gasteiger partial charge in [0.1, 0.15) is 0 Å². The van der Waals surface area contributed by atoms with Gasteiger partial charge in [0.15, 0.2) is 0 Å². The van der Waals surface area contributed by atoms with Crippen molar-refractivity contribution in [3.63, 3.8) is 0 Å². The monoisotopic (exact) mass is 286 g/mol. The second-order valence-electron chi connectivity index (χ2n) is 5.76. The first-order valence-corrected chi connectivity index (χ1v) is 6.93. The molecule has 0 aliphatic carbocycles. The van der Waals surface area contributed by atoms with E-state index in [4.69, 9.17) is 0 Å². The summed E-state index contributed by atoms with van der Waals surface area (Å²) in [6, 6.07) is 4.44. The number of likely N-dealkylation sites (N-methyl/N-ethyl adjacent to an activating group) is 1. The van der Waals surface area contributed by atoms with Crippen LogP contribution in [-0.4, -0.2) is 38.1 Å². The Kier molecular flexibility index (Phi) is 4.28. The summed E-state index contributed by atoms with van der Waals surface area (Å²) in [6.07, 6.45) is -4.29. The molecule has 0 amide bonds. The third kappa shape index (κ3) is 3.45. The van der Waals surface area contributed by atoms with E-state index in [9.17, 15) is 13.2 Å². The third-order valence-electron chi connectivity index (χ3n) is 3.80. The zero-order valence-electron chi connectivity index (χ0n) is 12.2. The maximum absolute atomic E-state index is 13.0. The Morgan fingerprint density at radius 3 is 2.10 bits per heavy atom. The van der Waals surface area contributed by atoms with Crippen molar-refractivity contribution in [1.82, 2.24) is 4.90 Å². The van der Waals surface area contributed by atoms with Crippen molar-refractivity contribution in [2.75, 3.05) is 38.1 Å². The highest BCUT2D eigenvalue weighted by molar-refractivity contribution is 5.53. The minimum absolute atomic E-state index is 0.0866. The van der Waals surface area contributed by atoms with E-state index >= 15 is 0 Å². The summed E-state index contributed by atoms with van der Waals surface area (Å²) < 4.78 is 39.0. The van der Waals surface area contributed by atoms with Gasteiger partial charge in [-0.15, -0.1) is 0 Å². The number of rotatable bonds is 2. The molecule has 0 unspecified atom stereocenters. The molecule has 1 aliphatic heterocycles. The van der Waals surface area contributed by atoms with Gasteiger partial charge in [0.05, 0.1) is 5.56 Å². The molecule has 112 valence electrons. The van der Waals surface area contributed by atoms with Gasteiger partial charge in [-0.2, -0.15) is 13.2 Å². The molecular weight excluding hydrogens is 265 g/mol. The molecule has 1 aromatic carbocycles. The summed E-state index contributed by atoms with van der Waals surface area (Å²) in [5, 5.41) is 0. The highest BCUT2D eigenvalue weighted by Crippen LogP contribution is 2.34. The van der Waals surface area contributed by atoms with Crippen LogP contribution < -0.4 is 4.90 Å². The van der Waals surface area contributed by atoms with E-state index in [1.165, 1.54) is 12.1 Å². The Bertz CT molecular complexity index is 461. The van der Waals surface area contributed by atoms with Crippen LogP contribution in [0.3, 0.4) is 0 Å². The normalized spacial score (nSPS) is 17.9. The molecule has 0 saturated carbocycles. The summed E-state index contributed by atoms with van der Waals surface area (Å²) >= 11 is 0. The molecule has 2 nitrogen and oxygen atoms in total. The van der Waals surface area contributed by atoms with Crippen molar-refractivity contribution >= 4 is 5.69 Å². The second kappa shape index (κ2) is 5.64. The van der Waals surface area contributed by atoms with Crippen LogP contribution in [0.25, 0.3) is 0 Å². The smallest absolute Gasteiger partial charge is 0.369 e. The summed E-state index contributed by atoms with van der Waals surface area (Å²) in [4.78, 5) is 4.23. The predicted octanol–water partition coefficient (Wildman–Crippen LogP) is 3.58. The van der Waals surface area contributed by atoms with Gasteiger partial charge in [-0.05, 0) is 36.7 Å². The first kappa shape index (κ1) is 15.2. The molecule has 1 heterocycles. The standard InChI is InChI=1S/C15H21F3N2/c1-11(2)12-8-13(15(16,17)18)10-14(9-12)20-6-4-19(3)5-7-20/h8-11H,4-7H2,1-3H3. The lowest BCUT2D eigenvalue weighted by Crippen LogP contribution is -2.44. The van der Waals surface area contributed by atoms with Crippen LogP contribution in [0.15, 0.2) is 18.2 Å². The largest absolute Gasteiger partial charge is 0.416 e. The number of benzene rings is 1. The fraction of sp³-hybridized carbons (Fsp3) is 0.600.